The highest BCUT2D eigenvalue weighted by atomic mass is 32.1. The number of H-pyrrole nitrogens is 1. The molecule has 0 aromatic carbocycles. The van der Waals surface area contributed by atoms with Crippen molar-refractivity contribution in [3.63, 3.8) is 0 Å². The molecule has 0 amide bonds. The smallest absolute Gasteiger partial charge is 0.207 e. The van der Waals surface area contributed by atoms with Crippen LogP contribution in [0.4, 0.5) is 5.13 Å². The summed E-state index contributed by atoms with van der Waals surface area (Å²) in [5.74, 6) is 0.999. The Morgan fingerprint density at radius 1 is 1.31 bits per heavy atom. The van der Waals surface area contributed by atoms with Crippen LogP contribution in [0.5, 0.6) is 0 Å². The van der Waals surface area contributed by atoms with Gasteiger partial charge in [0.05, 0.1) is 0 Å². The van der Waals surface area contributed by atoms with Crippen LogP contribution in [-0.2, 0) is 0 Å². The number of nitrogens with one attached hydrogen (secondary N) is 1. The van der Waals surface area contributed by atoms with E-state index in [1.807, 2.05) is 0 Å². The van der Waals surface area contributed by atoms with Crippen LogP contribution in [0.25, 0.3) is 0 Å². The maximum absolute atomic E-state index is 5.05. The van der Waals surface area contributed by atoms with Gasteiger partial charge in [0.2, 0.25) is 5.13 Å². The molecule has 0 atom stereocenters. The average molecular weight is 256 g/mol. The summed E-state index contributed by atoms with van der Waals surface area (Å²) in [5.41, 5.74) is 0. The number of hydrogen-bond donors (Lipinski definition) is 1. The topological polar surface area (TPSA) is 35.2 Å². The van der Waals surface area contributed by atoms with Crippen molar-refractivity contribution >= 4 is 28.7 Å². The molecule has 1 aromatic rings. The Kier molecular flexibility index (Phi) is 2.95. The van der Waals surface area contributed by atoms with Crippen LogP contribution in [0, 0.1) is 9.87 Å². The molecule has 1 aliphatic carbocycles. The average Bonchev–Trinajstić information content (AvgIpc) is 3.00. The molecule has 1 saturated carbocycles. The van der Waals surface area contributed by atoms with E-state index in [-0.39, 0.29) is 0 Å². The zero-order valence-electron chi connectivity index (χ0n) is 9.19. The van der Waals surface area contributed by atoms with E-state index < -0.39 is 0 Å². The second-order valence-electron chi connectivity index (χ2n) is 4.63. The third-order valence-electron chi connectivity index (χ3n) is 3.28. The van der Waals surface area contributed by atoms with Gasteiger partial charge in [0.15, 0.2) is 3.95 Å². The van der Waals surface area contributed by atoms with Gasteiger partial charge in [0.25, 0.3) is 0 Å². The van der Waals surface area contributed by atoms with Gasteiger partial charge < -0.3 is 4.90 Å². The fourth-order valence-corrected chi connectivity index (χ4v) is 3.07. The molecule has 0 bridgehead atoms. The van der Waals surface area contributed by atoms with E-state index in [1.165, 1.54) is 32.5 Å². The summed E-state index contributed by atoms with van der Waals surface area (Å²) < 4.78 is 0.774. The molecule has 3 rings (SSSR count). The molecule has 4 nitrogen and oxygen atoms in total. The van der Waals surface area contributed by atoms with Gasteiger partial charge in [-0.25, -0.2) is 0 Å². The lowest BCUT2D eigenvalue weighted by Gasteiger charge is -2.34. The largest absolute Gasteiger partial charge is 0.344 e. The number of aromatic amines is 1. The van der Waals surface area contributed by atoms with Crippen molar-refractivity contribution in [2.24, 2.45) is 5.92 Å². The second-order valence-corrected chi connectivity index (χ2v) is 6.27. The Hall–Kier alpha value is -0.460. The summed E-state index contributed by atoms with van der Waals surface area (Å²) in [6.45, 7) is 5.82. The van der Waals surface area contributed by atoms with E-state index in [2.05, 4.69) is 20.0 Å². The Balaban J connectivity index is 1.55. The molecule has 1 aliphatic heterocycles. The fourth-order valence-electron chi connectivity index (χ4n) is 2.14. The summed E-state index contributed by atoms with van der Waals surface area (Å²) in [6, 6.07) is 0. The minimum atomic E-state index is 0.774. The van der Waals surface area contributed by atoms with Crippen LogP contribution < -0.4 is 4.90 Å². The summed E-state index contributed by atoms with van der Waals surface area (Å²) in [6.07, 6.45) is 2.89. The van der Waals surface area contributed by atoms with Crippen molar-refractivity contribution in [1.29, 1.82) is 0 Å². The molecule has 0 unspecified atom stereocenters. The number of hydrogen-bond acceptors (Lipinski definition) is 5. The van der Waals surface area contributed by atoms with Gasteiger partial charge in [-0.2, -0.15) is 0 Å². The number of aromatic nitrogens is 2. The predicted octanol–water partition coefficient (Wildman–Crippen LogP) is 1.73. The summed E-state index contributed by atoms with van der Waals surface area (Å²) in [4.78, 5) is 4.92. The fraction of sp³-hybridized carbons (Fsp3) is 0.800. The molecule has 88 valence electrons. The van der Waals surface area contributed by atoms with Gasteiger partial charge >= 0.3 is 0 Å². The first-order valence-corrected chi connectivity index (χ1v) is 7.06. The highest BCUT2D eigenvalue weighted by Crippen LogP contribution is 2.30. The molecule has 16 heavy (non-hydrogen) atoms. The standard InChI is InChI=1S/C10H16N4S2/c15-10-12-11-9(16-10)14-5-3-13(4-6-14)7-8-1-2-8/h8H,1-7H2,(H,12,15). The zero-order chi connectivity index (χ0) is 11.0. The maximum Gasteiger partial charge on any atom is 0.207 e. The van der Waals surface area contributed by atoms with Crippen molar-refractivity contribution < 1.29 is 0 Å². The van der Waals surface area contributed by atoms with E-state index in [4.69, 9.17) is 12.2 Å². The van der Waals surface area contributed by atoms with Gasteiger partial charge in [-0.3, -0.25) is 10.00 Å². The maximum atomic E-state index is 5.05. The van der Waals surface area contributed by atoms with Crippen LogP contribution in [0.1, 0.15) is 12.8 Å². The van der Waals surface area contributed by atoms with E-state index >= 15 is 0 Å². The lowest BCUT2D eigenvalue weighted by atomic mass is 10.3. The van der Waals surface area contributed by atoms with Gasteiger partial charge in [-0.15, -0.1) is 5.10 Å². The first kappa shape index (κ1) is 10.7. The molecule has 1 N–H and O–H groups in total. The van der Waals surface area contributed by atoms with E-state index in [0.717, 1.165) is 28.1 Å². The number of piperazine rings is 1. The predicted molar refractivity (Wildman–Crippen MR) is 68.7 cm³/mol. The highest BCUT2D eigenvalue weighted by molar-refractivity contribution is 7.73. The van der Waals surface area contributed by atoms with Crippen molar-refractivity contribution in [1.82, 2.24) is 15.1 Å². The minimum Gasteiger partial charge on any atom is -0.344 e. The molecule has 2 fully saturated rings. The van der Waals surface area contributed by atoms with Crippen molar-refractivity contribution in [3.05, 3.63) is 3.95 Å². The zero-order valence-corrected chi connectivity index (χ0v) is 10.8. The SMILES string of the molecule is S=c1[nH]nc(N2CCN(CC3CC3)CC2)s1. The molecule has 0 radical (unpaired) electrons. The number of anilines is 1. The van der Waals surface area contributed by atoms with Crippen molar-refractivity contribution in [2.45, 2.75) is 12.8 Å². The van der Waals surface area contributed by atoms with Gasteiger partial charge in [0.1, 0.15) is 0 Å². The van der Waals surface area contributed by atoms with Gasteiger partial charge in [-0.05, 0) is 31.0 Å². The summed E-state index contributed by atoms with van der Waals surface area (Å²) >= 11 is 6.63. The van der Waals surface area contributed by atoms with Crippen LogP contribution in [0.3, 0.4) is 0 Å². The van der Waals surface area contributed by atoms with Crippen LogP contribution in [0.2, 0.25) is 0 Å². The Morgan fingerprint density at radius 3 is 2.62 bits per heavy atom. The van der Waals surface area contributed by atoms with E-state index in [0.29, 0.717) is 0 Å². The normalized spacial score (nSPS) is 22.6. The summed E-state index contributed by atoms with van der Waals surface area (Å²) in [7, 11) is 0. The van der Waals surface area contributed by atoms with E-state index in [9.17, 15) is 0 Å². The van der Waals surface area contributed by atoms with Gasteiger partial charge in [-0.1, -0.05) is 11.3 Å². The van der Waals surface area contributed by atoms with Crippen LogP contribution in [0.15, 0.2) is 0 Å². The molecule has 2 aliphatic rings. The Morgan fingerprint density at radius 2 is 2.06 bits per heavy atom. The van der Waals surface area contributed by atoms with Gasteiger partial charge in [0, 0.05) is 32.7 Å². The minimum absolute atomic E-state index is 0.774. The molecule has 1 saturated heterocycles. The molecule has 2 heterocycles. The van der Waals surface area contributed by atoms with E-state index in [1.54, 1.807) is 11.3 Å². The summed E-state index contributed by atoms with van der Waals surface area (Å²) in [5, 5.41) is 8.13. The lowest BCUT2D eigenvalue weighted by Crippen LogP contribution is -2.47. The monoisotopic (exact) mass is 256 g/mol. The molecule has 0 spiro atoms. The Bertz CT molecular complexity index is 401. The second kappa shape index (κ2) is 4.43. The first-order chi connectivity index (χ1) is 7.81. The lowest BCUT2D eigenvalue weighted by molar-refractivity contribution is 0.248. The van der Waals surface area contributed by atoms with Crippen molar-refractivity contribution in [2.75, 3.05) is 37.6 Å². The number of nitrogens with zero attached hydrogens (tertiary/aromatic N) is 3. The van der Waals surface area contributed by atoms with Crippen LogP contribution >= 0.6 is 23.6 Å². The van der Waals surface area contributed by atoms with Crippen LogP contribution in [-0.4, -0.2) is 47.8 Å². The molecular weight excluding hydrogens is 240 g/mol. The van der Waals surface area contributed by atoms with Crippen molar-refractivity contribution in [3.8, 4) is 0 Å². The Labute approximate surface area is 104 Å². The quantitative estimate of drug-likeness (QED) is 0.836. The molecular formula is C10H16N4S2. The third kappa shape index (κ3) is 2.44. The number of rotatable bonds is 3. The third-order valence-corrected chi connectivity index (χ3v) is 4.43. The molecule has 1 aromatic heterocycles. The molecule has 6 heteroatoms. The first-order valence-electron chi connectivity index (χ1n) is 5.84. The highest BCUT2D eigenvalue weighted by Gasteiger charge is 2.26.